The summed E-state index contributed by atoms with van der Waals surface area (Å²) in [7, 11) is 0. The van der Waals surface area contributed by atoms with Crippen LogP contribution in [0.1, 0.15) is 25.8 Å². The van der Waals surface area contributed by atoms with Crippen LogP contribution in [0.15, 0.2) is 36.7 Å². The Balaban J connectivity index is 2.04. The number of rotatable bonds is 4. The predicted molar refractivity (Wildman–Crippen MR) is 106 cm³/mol. The fraction of sp³-hybridized carbons (Fsp3) is 0.350. The topological polar surface area (TPSA) is 136 Å². The van der Waals surface area contributed by atoms with Gasteiger partial charge in [0.1, 0.15) is 0 Å². The second-order valence-corrected chi connectivity index (χ2v) is 7.51. The van der Waals surface area contributed by atoms with E-state index in [1.165, 1.54) is 0 Å². The lowest BCUT2D eigenvalue weighted by Crippen LogP contribution is -2.46. The molecule has 0 radical (unpaired) electrons. The average Bonchev–Trinajstić information content (AvgIpc) is 3.05. The number of anilines is 2. The van der Waals surface area contributed by atoms with Crippen molar-refractivity contribution in [3.05, 3.63) is 42.2 Å². The largest absolute Gasteiger partial charge is 0.465 e. The van der Waals surface area contributed by atoms with Gasteiger partial charge in [-0.2, -0.15) is 5.26 Å². The van der Waals surface area contributed by atoms with Crippen molar-refractivity contribution in [2.24, 2.45) is 0 Å². The third kappa shape index (κ3) is 3.85. The first-order valence-electron chi connectivity index (χ1n) is 8.93. The molecule has 3 rings (SSSR count). The van der Waals surface area contributed by atoms with Gasteiger partial charge in [-0.25, -0.2) is 4.79 Å². The molecule has 2 heterocycles. The number of aromatic nitrogens is 1. The Bertz CT molecular complexity index is 932. The van der Waals surface area contributed by atoms with Crippen LogP contribution in [-0.2, 0) is 0 Å². The molecule has 1 aliphatic rings. The minimum absolute atomic E-state index is 0.328. The Hall–Kier alpha value is -3.31. The zero-order chi connectivity index (χ0) is 20.5. The first-order chi connectivity index (χ1) is 13.2. The molecule has 2 atom stereocenters. The zero-order valence-electron chi connectivity index (χ0n) is 15.8. The van der Waals surface area contributed by atoms with Crippen molar-refractivity contribution in [3.63, 3.8) is 0 Å². The number of nitrogens with zero attached hydrogens (tertiary/aromatic N) is 3. The lowest BCUT2D eigenvalue weighted by molar-refractivity contribution is 0.0525. The van der Waals surface area contributed by atoms with Gasteiger partial charge in [0, 0.05) is 24.5 Å². The van der Waals surface area contributed by atoms with Gasteiger partial charge in [-0.1, -0.05) is 6.07 Å². The molecule has 0 saturated carbocycles. The van der Waals surface area contributed by atoms with Crippen molar-refractivity contribution in [2.45, 2.75) is 38.0 Å². The van der Waals surface area contributed by atoms with Crippen LogP contribution in [0, 0.1) is 11.3 Å². The van der Waals surface area contributed by atoms with E-state index in [4.69, 9.17) is 10.8 Å². The Labute approximate surface area is 163 Å². The van der Waals surface area contributed by atoms with E-state index >= 15 is 0 Å². The Morgan fingerprint density at radius 1 is 1.43 bits per heavy atom. The van der Waals surface area contributed by atoms with Gasteiger partial charge < -0.3 is 26.2 Å². The van der Waals surface area contributed by atoms with E-state index in [0.29, 0.717) is 35.5 Å². The number of pyridine rings is 1. The van der Waals surface area contributed by atoms with Crippen LogP contribution >= 0.6 is 0 Å². The van der Waals surface area contributed by atoms with Crippen LogP contribution in [0.3, 0.4) is 0 Å². The van der Waals surface area contributed by atoms with Crippen molar-refractivity contribution < 1.29 is 15.0 Å². The lowest BCUT2D eigenvalue weighted by Gasteiger charge is -2.35. The van der Waals surface area contributed by atoms with E-state index in [1.807, 2.05) is 17.0 Å². The number of nitrogen functional groups attached to an aromatic ring is 1. The minimum atomic E-state index is -1.10. The molecule has 2 aromatic rings. The number of aliphatic hydroxyl groups is 1. The number of hydrogen-bond acceptors (Lipinski definition) is 6. The zero-order valence-corrected chi connectivity index (χ0v) is 15.8. The molecule has 1 saturated heterocycles. The van der Waals surface area contributed by atoms with Crippen LogP contribution in [0.25, 0.3) is 11.1 Å². The van der Waals surface area contributed by atoms with Gasteiger partial charge in [-0.05, 0) is 44.0 Å². The molecular weight excluding hydrogens is 358 g/mol. The molecule has 1 aromatic heterocycles. The van der Waals surface area contributed by atoms with Crippen LogP contribution in [0.4, 0.5) is 16.2 Å². The predicted octanol–water partition coefficient (Wildman–Crippen LogP) is 2.19. The van der Waals surface area contributed by atoms with Crippen molar-refractivity contribution in [1.82, 2.24) is 10.3 Å². The van der Waals surface area contributed by atoms with E-state index in [2.05, 4.69) is 16.4 Å². The maximum Gasteiger partial charge on any atom is 0.404 e. The third-order valence-corrected chi connectivity index (χ3v) is 5.04. The third-order valence-electron chi connectivity index (χ3n) is 5.04. The van der Waals surface area contributed by atoms with E-state index in [0.717, 1.165) is 5.56 Å². The van der Waals surface area contributed by atoms with E-state index < -0.39 is 11.7 Å². The molecule has 1 unspecified atom stereocenters. The number of amides is 1. The van der Waals surface area contributed by atoms with Gasteiger partial charge in [-0.15, -0.1) is 0 Å². The second kappa shape index (κ2) is 7.37. The van der Waals surface area contributed by atoms with Gasteiger partial charge in [0.05, 0.1) is 40.7 Å². The maximum absolute atomic E-state index is 11.1. The highest BCUT2D eigenvalue weighted by molar-refractivity contribution is 5.79. The number of benzene rings is 1. The molecule has 8 heteroatoms. The standard InChI is InChI=1S/C20H23N5O3/c1-20(2,28)18-8-14(24-19(26)27)11-25(18)17-7-12(3-4-16(17)22)15-10-23-6-5-13(15)9-21/h3-7,10,14,18,24,28H,8,11,22H2,1-2H3,(H,26,27)/t14-,18?/m0/s1. The SMILES string of the molecule is CC(C)(O)C1C[C@H](NC(=O)O)CN1c1cc(-c2cnccc2C#N)ccc1N. The fourth-order valence-corrected chi connectivity index (χ4v) is 3.73. The van der Waals surface area contributed by atoms with Gasteiger partial charge in [0.25, 0.3) is 0 Å². The highest BCUT2D eigenvalue weighted by Gasteiger charge is 2.42. The van der Waals surface area contributed by atoms with Crippen molar-refractivity contribution in [1.29, 1.82) is 5.26 Å². The van der Waals surface area contributed by atoms with Gasteiger partial charge in [-0.3, -0.25) is 4.98 Å². The molecule has 0 aliphatic carbocycles. The summed E-state index contributed by atoms with van der Waals surface area (Å²) >= 11 is 0. The number of carbonyl (C=O) groups is 1. The van der Waals surface area contributed by atoms with Gasteiger partial charge in [0.2, 0.25) is 0 Å². The first kappa shape index (κ1) is 19.5. The van der Waals surface area contributed by atoms with Crippen LogP contribution in [0.2, 0.25) is 0 Å². The summed E-state index contributed by atoms with van der Waals surface area (Å²) in [5, 5.41) is 31.6. The quantitative estimate of drug-likeness (QED) is 0.596. The monoisotopic (exact) mass is 381 g/mol. The molecule has 1 amide bonds. The van der Waals surface area contributed by atoms with Gasteiger partial charge in [0.15, 0.2) is 0 Å². The molecule has 8 nitrogen and oxygen atoms in total. The van der Waals surface area contributed by atoms with Crippen LogP contribution in [-0.4, -0.2) is 45.5 Å². The number of nitrogens with one attached hydrogen (secondary N) is 1. The average molecular weight is 381 g/mol. The summed E-state index contributed by atoms with van der Waals surface area (Å²) in [6, 6.07) is 8.57. The normalized spacial score (nSPS) is 19.3. The number of nitriles is 1. The smallest absolute Gasteiger partial charge is 0.404 e. The molecule has 5 N–H and O–H groups in total. The number of carboxylic acid groups (broad SMARTS) is 1. The van der Waals surface area contributed by atoms with Crippen molar-refractivity contribution in [3.8, 4) is 17.2 Å². The van der Waals surface area contributed by atoms with Crippen molar-refractivity contribution >= 4 is 17.5 Å². The van der Waals surface area contributed by atoms with Crippen molar-refractivity contribution in [2.75, 3.05) is 17.2 Å². The first-order valence-corrected chi connectivity index (χ1v) is 8.93. The molecule has 0 spiro atoms. The molecule has 28 heavy (non-hydrogen) atoms. The van der Waals surface area contributed by atoms with Crippen LogP contribution in [0.5, 0.6) is 0 Å². The van der Waals surface area contributed by atoms with Gasteiger partial charge >= 0.3 is 6.09 Å². The molecule has 146 valence electrons. The molecule has 1 aliphatic heterocycles. The second-order valence-electron chi connectivity index (χ2n) is 7.51. The number of nitrogens with two attached hydrogens (primary N) is 1. The van der Waals surface area contributed by atoms with E-state index in [1.54, 1.807) is 38.4 Å². The summed E-state index contributed by atoms with van der Waals surface area (Å²) in [5.41, 5.74) is 8.32. The number of hydrogen-bond donors (Lipinski definition) is 4. The summed E-state index contributed by atoms with van der Waals surface area (Å²) in [6.45, 7) is 3.78. The molecule has 1 fully saturated rings. The maximum atomic E-state index is 11.1. The van der Waals surface area contributed by atoms with E-state index in [9.17, 15) is 15.2 Å². The lowest BCUT2D eigenvalue weighted by atomic mass is 9.94. The summed E-state index contributed by atoms with van der Waals surface area (Å²) in [4.78, 5) is 17.1. The minimum Gasteiger partial charge on any atom is -0.465 e. The Morgan fingerprint density at radius 3 is 2.82 bits per heavy atom. The fourth-order valence-electron chi connectivity index (χ4n) is 3.73. The molecular formula is C20H23N5O3. The highest BCUT2D eigenvalue weighted by Crippen LogP contribution is 2.38. The Morgan fingerprint density at radius 2 is 2.18 bits per heavy atom. The summed E-state index contributed by atoms with van der Waals surface area (Å²) in [5.74, 6) is 0. The van der Waals surface area contributed by atoms with E-state index in [-0.39, 0.29) is 12.1 Å². The molecule has 0 bridgehead atoms. The summed E-state index contributed by atoms with van der Waals surface area (Å²) < 4.78 is 0. The molecule has 1 aromatic carbocycles. The highest BCUT2D eigenvalue weighted by atomic mass is 16.4. The van der Waals surface area contributed by atoms with Crippen LogP contribution < -0.4 is 16.0 Å². The summed E-state index contributed by atoms with van der Waals surface area (Å²) in [6.07, 6.45) is 2.54. The Kier molecular flexibility index (Phi) is 5.12.